The fraction of sp³-hybridized carbons (Fsp3) is 0.933. The van der Waals surface area contributed by atoms with Gasteiger partial charge in [0.1, 0.15) is 5.78 Å². The summed E-state index contributed by atoms with van der Waals surface area (Å²) in [5.74, 6) is 3.97. The van der Waals surface area contributed by atoms with Crippen LogP contribution in [-0.4, -0.2) is 41.2 Å². The Bertz CT molecular complexity index is 740. The minimum atomic E-state index is -0.131. The largest absolute Gasteiger partial charge is 0.396 e. The monoisotopic (exact) mass is 489 g/mol. The quantitative estimate of drug-likeness (QED) is 0.339. The van der Waals surface area contributed by atoms with Gasteiger partial charge < -0.3 is 15.5 Å². The van der Waals surface area contributed by atoms with Crippen molar-refractivity contribution in [1.82, 2.24) is 5.32 Å². The molecule has 3 N–H and O–H groups in total. The van der Waals surface area contributed by atoms with Crippen LogP contribution in [0.4, 0.5) is 0 Å². The molecule has 0 radical (unpaired) electrons. The van der Waals surface area contributed by atoms with E-state index < -0.39 is 0 Å². The molecule has 0 saturated heterocycles. The summed E-state index contributed by atoms with van der Waals surface area (Å²) in [7, 11) is 0. The van der Waals surface area contributed by atoms with E-state index >= 15 is 0 Å². The number of hydrogen-bond donors (Lipinski definition) is 3. The average Bonchev–Trinajstić information content (AvgIpc) is 3.13. The standard InChI is InChI=1S/C30H51NO4/c1-29-15-13-23(33)20-22(29)19-21(9-6-4-3-5-7-10-27(35)31-17-8-18-32)28-24-11-12-26(34)30(24,2)16-14-25(28)29/h21-22,24-26,28,32,34H,3-20H2,1-2H3,(H,31,35)/t21-,22+,24+,25+,26+,28+,29+,30+/m1/s1. The molecule has 4 saturated carbocycles. The number of ketones is 1. The molecule has 5 heteroatoms. The van der Waals surface area contributed by atoms with Crippen molar-refractivity contribution in [1.29, 1.82) is 0 Å². The molecule has 200 valence electrons. The molecule has 8 atom stereocenters. The van der Waals surface area contributed by atoms with Gasteiger partial charge in [0.25, 0.3) is 0 Å². The molecule has 0 aromatic heterocycles. The second-order valence-corrected chi connectivity index (χ2v) is 13.1. The summed E-state index contributed by atoms with van der Waals surface area (Å²) < 4.78 is 0. The zero-order valence-electron chi connectivity index (χ0n) is 22.4. The van der Waals surface area contributed by atoms with Gasteiger partial charge in [-0.05, 0) is 91.8 Å². The van der Waals surface area contributed by atoms with Crippen LogP contribution in [0.5, 0.6) is 0 Å². The van der Waals surface area contributed by atoms with Crippen LogP contribution in [0.25, 0.3) is 0 Å². The molecule has 4 rings (SSSR count). The number of rotatable bonds is 11. The van der Waals surface area contributed by atoms with E-state index in [1.807, 2.05) is 0 Å². The highest BCUT2D eigenvalue weighted by Crippen LogP contribution is 2.67. The van der Waals surface area contributed by atoms with Crippen molar-refractivity contribution in [3.05, 3.63) is 0 Å². The number of fused-ring (bicyclic) bond motifs is 5. The summed E-state index contributed by atoms with van der Waals surface area (Å²) in [4.78, 5) is 24.2. The number of amides is 1. The van der Waals surface area contributed by atoms with Crippen molar-refractivity contribution in [2.75, 3.05) is 13.2 Å². The van der Waals surface area contributed by atoms with Gasteiger partial charge in [-0.2, -0.15) is 0 Å². The van der Waals surface area contributed by atoms with Crippen molar-refractivity contribution < 1.29 is 19.8 Å². The Morgan fingerprint density at radius 1 is 0.971 bits per heavy atom. The highest BCUT2D eigenvalue weighted by molar-refractivity contribution is 5.79. The number of aliphatic hydroxyl groups is 2. The lowest BCUT2D eigenvalue weighted by molar-refractivity contribution is -0.156. The number of aliphatic hydroxyl groups excluding tert-OH is 2. The summed E-state index contributed by atoms with van der Waals surface area (Å²) >= 11 is 0. The highest BCUT2D eigenvalue weighted by atomic mass is 16.3. The minimum Gasteiger partial charge on any atom is -0.396 e. The van der Waals surface area contributed by atoms with Gasteiger partial charge in [-0.1, -0.05) is 46.0 Å². The van der Waals surface area contributed by atoms with E-state index in [1.54, 1.807) is 0 Å². The molecule has 0 spiro atoms. The zero-order valence-corrected chi connectivity index (χ0v) is 22.4. The third kappa shape index (κ3) is 5.66. The molecule has 0 aromatic carbocycles. The lowest BCUT2D eigenvalue weighted by Gasteiger charge is -2.62. The van der Waals surface area contributed by atoms with Gasteiger partial charge in [0, 0.05) is 32.4 Å². The Kier molecular flexibility index (Phi) is 9.00. The Labute approximate surface area is 213 Å². The van der Waals surface area contributed by atoms with Gasteiger partial charge >= 0.3 is 0 Å². The van der Waals surface area contributed by atoms with Crippen LogP contribution in [0.15, 0.2) is 0 Å². The van der Waals surface area contributed by atoms with Crippen LogP contribution in [0.2, 0.25) is 0 Å². The number of nitrogens with one attached hydrogen (secondary N) is 1. The van der Waals surface area contributed by atoms with E-state index in [2.05, 4.69) is 19.2 Å². The Morgan fingerprint density at radius 2 is 1.71 bits per heavy atom. The van der Waals surface area contributed by atoms with Crippen LogP contribution in [0, 0.1) is 40.4 Å². The van der Waals surface area contributed by atoms with Crippen LogP contribution in [0.1, 0.15) is 117 Å². The second-order valence-electron chi connectivity index (χ2n) is 13.1. The Morgan fingerprint density at radius 3 is 2.51 bits per heavy atom. The van der Waals surface area contributed by atoms with E-state index in [0.717, 1.165) is 56.8 Å². The van der Waals surface area contributed by atoms with Crippen molar-refractivity contribution in [2.24, 2.45) is 40.4 Å². The van der Waals surface area contributed by atoms with E-state index in [-0.39, 0.29) is 24.0 Å². The third-order valence-electron chi connectivity index (χ3n) is 11.2. The zero-order chi connectivity index (χ0) is 25.1. The molecule has 0 heterocycles. The fourth-order valence-electron chi connectivity index (χ4n) is 9.11. The van der Waals surface area contributed by atoms with Crippen molar-refractivity contribution in [3.8, 4) is 0 Å². The van der Waals surface area contributed by atoms with Crippen LogP contribution in [-0.2, 0) is 9.59 Å². The van der Waals surface area contributed by atoms with Crippen LogP contribution in [0.3, 0.4) is 0 Å². The molecule has 4 aliphatic carbocycles. The van der Waals surface area contributed by atoms with Gasteiger partial charge in [0.2, 0.25) is 5.91 Å². The average molecular weight is 490 g/mol. The minimum absolute atomic E-state index is 0.102. The fourth-order valence-corrected chi connectivity index (χ4v) is 9.11. The normalized spacial score (nSPS) is 40.6. The first-order chi connectivity index (χ1) is 16.8. The predicted molar refractivity (Wildman–Crippen MR) is 139 cm³/mol. The van der Waals surface area contributed by atoms with E-state index in [1.165, 1.54) is 44.9 Å². The first-order valence-corrected chi connectivity index (χ1v) is 14.9. The molecule has 0 aliphatic heterocycles. The molecule has 1 amide bonds. The molecule has 0 bridgehead atoms. The first-order valence-electron chi connectivity index (χ1n) is 14.9. The molecule has 5 nitrogen and oxygen atoms in total. The van der Waals surface area contributed by atoms with Gasteiger partial charge in [-0.15, -0.1) is 0 Å². The van der Waals surface area contributed by atoms with E-state index in [4.69, 9.17) is 5.11 Å². The maximum Gasteiger partial charge on any atom is 0.219 e. The lowest BCUT2D eigenvalue weighted by Crippen LogP contribution is -2.57. The Balaban J connectivity index is 1.31. The topological polar surface area (TPSA) is 86.6 Å². The molecular weight excluding hydrogens is 438 g/mol. The molecule has 0 aromatic rings. The molecular formula is C30H51NO4. The van der Waals surface area contributed by atoms with Crippen molar-refractivity contribution in [3.63, 3.8) is 0 Å². The summed E-state index contributed by atoms with van der Waals surface area (Å²) in [5.41, 5.74) is 0.423. The summed E-state index contributed by atoms with van der Waals surface area (Å²) in [6, 6.07) is 0. The van der Waals surface area contributed by atoms with Crippen molar-refractivity contribution >= 4 is 11.7 Å². The van der Waals surface area contributed by atoms with E-state index in [0.29, 0.717) is 48.3 Å². The maximum atomic E-state index is 12.4. The number of Topliss-reactive ketones (excluding diaryl/α,β-unsaturated/α-hetero) is 1. The highest BCUT2D eigenvalue weighted by Gasteiger charge is 2.62. The third-order valence-corrected chi connectivity index (χ3v) is 11.2. The van der Waals surface area contributed by atoms with Gasteiger partial charge in [-0.3, -0.25) is 9.59 Å². The smallest absolute Gasteiger partial charge is 0.219 e. The lowest BCUT2D eigenvalue weighted by atomic mass is 9.42. The summed E-state index contributed by atoms with van der Waals surface area (Å²) in [5, 5.41) is 22.6. The SMILES string of the molecule is C[C@]12CCC(=O)C[C@@H]1C[C@@H](CCCCCCCC(=O)NCCCO)[C@@H]1[C@@H]2CC[C@]2(C)[C@@H](O)CC[C@@H]12. The number of carbonyl (C=O) groups excluding carboxylic acids is 2. The molecule has 35 heavy (non-hydrogen) atoms. The maximum absolute atomic E-state index is 12.4. The van der Waals surface area contributed by atoms with Gasteiger partial charge in [0.05, 0.1) is 6.10 Å². The second kappa shape index (κ2) is 11.6. The first kappa shape index (κ1) is 27.1. The van der Waals surface area contributed by atoms with Gasteiger partial charge in [0.15, 0.2) is 0 Å². The predicted octanol–water partition coefficient (Wildman–Crippen LogP) is 5.41. The number of carbonyl (C=O) groups is 2. The molecule has 4 fully saturated rings. The van der Waals surface area contributed by atoms with Crippen LogP contribution < -0.4 is 5.32 Å². The van der Waals surface area contributed by atoms with E-state index in [9.17, 15) is 14.7 Å². The molecule has 4 aliphatic rings. The number of unbranched alkanes of at least 4 members (excludes halogenated alkanes) is 4. The summed E-state index contributed by atoms with van der Waals surface area (Å²) in [6.07, 6.45) is 16.5. The Hall–Kier alpha value is -0.940. The number of hydrogen-bond acceptors (Lipinski definition) is 4. The van der Waals surface area contributed by atoms with Crippen molar-refractivity contribution in [2.45, 2.75) is 123 Å². The van der Waals surface area contributed by atoms with Gasteiger partial charge in [-0.25, -0.2) is 0 Å². The van der Waals surface area contributed by atoms with Crippen LogP contribution >= 0.6 is 0 Å². The summed E-state index contributed by atoms with van der Waals surface area (Å²) in [6.45, 7) is 5.59. The molecule has 0 unspecified atom stereocenters.